The lowest BCUT2D eigenvalue weighted by Gasteiger charge is -2.12. The summed E-state index contributed by atoms with van der Waals surface area (Å²) in [5, 5.41) is 2.15. The lowest BCUT2D eigenvalue weighted by molar-refractivity contribution is -0.115. The minimum atomic E-state index is -0.447. The molecule has 0 bridgehead atoms. The third-order valence-electron chi connectivity index (χ3n) is 4.78. The summed E-state index contributed by atoms with van der Waals surface area (Å²) >= 11 is 1.72. The van der Waals surface area contributed by atoms with Gasteiger partial charge in [-0.1, -0.05) is 30.3 Å². The molecule has 2 N–H and O–H groups in total. The van der Waals surface area contributed by atoms with Gasteiger partial charge in [-0.15, -0.1) is 0 Å². The number of aromatic amines is 1. The Hall–Kier alpha value is -3.56. The van der Waals surface area contributed by atoms with E-state index in [0.717, 1.165) is 44.9 Å². The Kier molecular flexibility index (Phi) is 4.76. The van der Waals surface area contributed by atoms with E-state index in [0.29, 0.717) is 16.2 Å². The van der Waals surface area contributed by atoms with Crippen LogP contribution in [0.2, 0.25) is 0 Å². The molecular formula is C22H13N3O4S2. The number of carbonyl (C=O) groups excluding carboxylic acids is 4. The van der Waals surface area contributed by atoms with Gasteiger partial charge in [0.25, 0.3) is 22.3 Å². The molecule has 9 heteroatoms. The van der Waals surface area contributed by atoms with Crippen molar-refractivity contribution in [3.63, 3.8) is 0 Å². The number of benzene rings is 2. The molecule has 3 heterocycles. The summed E-state index contributed by atoms with van der Waals surface area (Å²) in [6.07, 6.45) is 5.01. The van der Waals surface area contributed by atoms with Gasteiger partial charge in [0.05, 0.1) is 15.5 Å². The Bertz CT molecular complexity index is 1340. The number of amides is 4. The molecule has 31 heavy (non-hydrogen) atoms. The molecule has 2 fully saturated rings. The second-order valence-corrected chi connectivity index (χ2v) is 8.76. The normalized spacial score (nSPS) is 19.3. The molecule has 5 rings (SSSR count). The predicted octanol–water partition coefficient (Wildman–Crippen LogP) is 4.73. The molecule has 7 nitrogen and oxygen atoms in total. The maximum atomic E-state index is 12.9. The van der Waals surface area contributed by atoms with E-state index < -0.39 is 11.1 Å². The van der Waals surface area contributed by atoms with Crippen molar-refractivity contribution in [3.05, 3.63) is 75.7 Å². The van der Waals surface area contributed by atoms with Gasteiger partial charge in [-0.2, -0.15) is 0 Å². The summed E-state index contributed by atoms with van der Waals surface area (Å²) in [4.78, 5) is 53.7. The molecule has 0 radical (unpaired) electrons. The van der Waals surface area contributed by atoms with Crippen LogP contribution >= 0.6 is 23.5 Å². The standard InChI is InChI=1S/C22H13N3O4S2/c26-19-17(30-21(28)24-19)9-13-11-23-16-7-6-14(10-15(13)16)25-20(27)18(31-22(25)29)8-12-4-2-1-3-5-12/h1-11,23H,(H,24,26,28)/b17-9-,18-8-. The van der Waals surface area contributed by atoms with Crippen molar-refractivity contribution in [1.82, 2.24) is 10.3 Å². The lowest BCUT2D eigenvalue weighted by Crippen LogP contribution is -2.27. The van der Waals surface area contributed by atoms with E-state index >= 15 is 0 Å². The number of fused-ring (bicyclic) bond motifs is 1. The molecular weight excluding hydrogens is 434 g/mol. The van der Waals surface area contributed by atoms with Crippen LogP contribution in [0.3, 0.4) is 0 Å². The molecule has 2 aliphatic rings. The third-order valence-corrected chi connectivity index (χ3v) is 6.46. The molecule has 0 aliphatic carbocycles. The number of rotatable bonds is 3. The molecule has 2 aliphatic heterocycles. The Morgan fingerprint density at radius 2 is 1.68 bits per heavy atom. The molecule has 152 valence electrons. The SMILES string of the molecule is O=C1NC(=O)/C(=C/c2c[nH]c3ccc(N4C(=O)S/C(=C\c5ccccc5)C4=O)cc23)S1. The first-order valence-electron chi connectivity index (χ1n) is 9.18. The smallest absolute Gasteiger partial charge is 0.298 e. The monoisotopic (exact) mass is 447 g/mol. The van der Waals surface area contributed by atoms with E-state index in [1.165, 1.54) is 0 Å². The summed E-state index contributed by atoms with van der Waals surface area (Å²) in [7, 11) is 0. The first-order valence-corrected chi connectivity index (χ1v) is 10.8. The van der Waals surface area contributed by atoms with Crippen LogP contribution in [0.25, 0.3) is 23.1 Å². The van der Waals surface area contributed by atoms with Crippen molar-refractivity contribution in [2.45, 2.75) is 0 Å². The summed E-state index contributed by atoms with van der Waals surface area (Å²) in [6, 6.07) is 14.5. The fraction of sp³-hybridized carbons (Fsp3) is 0. The number of nitrogens with zero attached hydrogens (tertiary/aromatic N) is 1. The van der Waals surface area contributed by atoms with E-state index in [1.54, 1.807) is 36.5 Å². The van der Waals surface area contributed by atoms with Gasteiger partial charge in [-0.25, -0.2) is 4.90 Å². The van der Waals surface area contributed by atoms with E-state index in [-0.39, 0.29) is 16.1 Å². The molecule has 3 aromatic rings. The number of thioether (sulfide) groups is 2. The Balaban J connectivity index is 1.51. The number of imide groups is 2. The summed E-state index contributed by atoms with van der Waals surface area (Å²) in [6.45, 7) is 0. The second kappa shape index (κ2) is 7.60. The quantitative estimate of drug-likeness (QED) is 0.563. The zero-order valence-electron chi connectivity index (χ0n) is 15.7. The van der Waals surface area contributed by atoms with Crippen LogP contribution in [-0.2, 0) is 9.59 Å². The summed E-state index contributed by atoms with van der Waals surface area (Å²) in [5.41, 5.74) is 2.73. The lowest BCUT2D eigenvalue weighted by atomic mass is 10.1. The number of hydrogen-bond acceptors (Lipinski definition) is 6. The van der Waals surface area contributed by atoms with Gasteiger partial charge >= 0.3 is 0 Å². The van der Waals surface area contributed by atoms with Crippen LogP contribution in [0.5, 0.6) is 0 Å². The minimum Gasteiger partial charge on any atom is -0.361 e. The largest absolute Gasteiger partial charge is 0.361 e. The number of aromatic nitrogens is 1. The van der Waals surface area contributed by atoms with Gasteiger partial charge in [0.15, 0.2) is 0 Å². The average molecular weight is 447 g/mol. The molecule has 0 saturated carbocycles. The predicted molar refractivity (Wildman–Crippen MR) is 122 cm³/mol. The van der Waals surface area contributed by atoms with Crippen LogP contribution in [0.1, 0.15) is 11.1 Å². The summed E-state index contributed by atoms with van der Waals surface area (Å²) in [5.74, 6) is -0.831. The molecule has 2 aromatic carbocycles. The molecule has 1 aromatic heterocycles. The average Bonchev–Trinajstić information content (AvgIpc) is 3.38. The van der Waals surface area contributed by atoms with Gasteiger partial charge < -0.3 is 4.98 Å². The number of hydrogen-bond donors (Lipinski definition) is 2. The molecule has 0 atom stereocenters. The first-order chi connectivity index (χ1) is 15.0. The van der Waals surface area contributed by atoms with Gasteiger partial charge in [-0.05, 0) is 59.4 Å². The van der Waals surface area contributed by atoms with Crippen molar-refractivity contribution in [2.75, 3.05) is 4.90 Å². The number of anilines is 1. The third kappa shape index (κ3) is 3.58. The fourth-order valence-electron chi connectivity index (χ4n) is 3.34. The van der Waals surface area contributed by atoms with Crippen LogP contribution in [0, 0.1) is 0 Å². The molecule has 0 unspecified atom stereocenters. The maximum absolute atomic E-state index is 12.9. The maximum Gasteiger partial charge on any atom is 0.298 e. The number of nitrogens with one attached hydrogen (secondary N) is 2. The molecule has 0 spiro atoms. The number of carbonyl (C=O) groups is 4. The van der Waals surface area contributed by atoms with Crippen LogP contribution in [0.4, 0.5) is 15.3 Å². The van der Waals surface area contributed by atoms with Gasteiger partial charge in [0.1, 0.15) is 0 Å². The van der Waals surface area contributed by atoms with E-state index in [9.17, 15) is 19.2 Å². The van der Waals surface area contributed by atoms with Crippen LogP contribution < -0.4 is 10.2 Å². The van der Waals surface area contributed by atoms with Gasteiger partial charge in [0, 0.05) is 22.7 Å². The zero-order valence-corrected chi connectivity index (χ0v) is 17.4. The highest BCUT2D eigenvalue weighted by molar-refractivity contribution is 8.19. The zero-order chi connectivity index (χ0) is 21.5. The Morgan fingerprint density at radius 1 is 0.871 bits per heavy atom. The Morgan fingerprint density at radius 3 is 2.42 bits per heavy atom. The van der Waals surface area contributed by atoms with E-state index in [1.807, 2.05) is 30.3 Å². The highest BCUT2D eigenvalue weighted by atomic mass is 32.2. The van der Waals surface area contributed by atoms with Crippen molar-refractivity contribution < 1.29 is 19.2 Å². The van der Waals surface area contributed by atoms with Crippen molar-refractivity contribution in [1.29, 1.82) is 0 Å². The second-order valence-electron chi connectivity index (χ2n) is 6.75. The van der Waals surface area contributed by atoms with Crippen molar-refractivity contribution in [3.8, 4) is 0 Å². The minimum absolute atomic E-state index is 0.285. The molecule has 2 saturated heterocycles. The molecule has 4 amide bonds. The highest BCUT2D eigenvalue weighted by Gasteiger charge is 2.36. The summed E-state index contributed by atoms with van der Waals surface area (Å²) < 4.78 is 0. The van der Waals surface area contributed by atoms with Crippen LogP contribution in [0.15, 0.2) is 64.5 Å². The van der Waals surface area contributed by atoms with E-state index in [4.69, 9.17) is 0 Å². The van der Waals surface area contributed by atoms with Crippen LogP contribution in [-0.4, -0.2) is 27.3 Å². The van der Waals surface area contributed by atoms with Gasteiger partial charge in [0.2, 0.25) is 0 Å². The Labute approximate surface area is 184 Å². The highest BCUT2D eigenvalue weighted by Crippen LogP contribution is 2.37. The first kappa shape index (κ1) is 19.4. The van der Waals surface area contributed by atoms with Crippen molar-refractivity contribution in [2.24, 2.45) is 0 Å². The van der Waals surface area contributed by atoms with E-state index in [2.05, 4.69) is 10.3 Å². The van der Waals surface area contributed by atoms with Gasteiger partial charge in [-0.3, -0.25) is 24.5 Å². The fourth-order valence-corrected chi connectivity index (χ4v) is 4.86. The topological polar surface area (TPSA) is 99.3 Å². The number of H-pyrrole nitrogens is 1. The van der Waals surface area contributed by atoms with Crippen molar-refractivity contribution >= 4 is 74.6 Å².